The normalized spacial score (nSPS) is 10.4. The number of Topliss-reactive ketones (excluding diaryl/α,β-unsaturated/α-hetero) is 1. The van der Waals surface area contributed by atoms with Crippen LogP contribution in [0.3, 0.4) is 0 Å². The van der Waals surface area contributed by atoms with Crippen LogP contribution in [-0.4, -0.2) is 10.8 Å². The number of carbonyl (C=O) groups is 1. The van der Waals surface area contributed by atoms with E-state index in [9.17, 15) is 4.79 Å². The fourth-order valence-corrected chi connectivity index (χ4v) is 2.02. The third-order valence-corrected chi connectivity index (χ3v) is 3.05. The number of hydrogen-bond acceptors (Lipinski definition) is 3. The maximum absolute atomic E-state index is 11.2. The van der Waals surface area contributed by atoms with E-state index in [1.165, 1.54) is 12.3 Å². The molecule has 1 aromatic heterocycles. The zero-order valence-corrected chi connectivity index (χ0v) is 11.0. The van der Waals surface area contributed by atoms with Gasteiger partial charge in [0.15, 0.2) is 5.78 Å². The van der Waals surface area contributed by atoms with Gasteiger partial charge in [0.05, 0.1) is 6.20 Å². The van der Waals surface area contributed by atoms with E-state index in [0.717, 1.165) is 11.1 Å². The summed E-state index contributed by atoms with van der Waals surface area (Å²) in [5, 5.41) is 2.29. The summed E-state index contributed by atoms with van der Waals surface area (Å²) in [6, 6.07) is 17.4. The molecule has 0 amide bonds. The molecule has 2 aromatic carbocycles. The second kappa shape index (κ2) is 5.13. The van der Waals surface area contributed by atoms with Crippen LogP contribution in [0.1, 0.15) is 17.4 Å². The standard InChI is InChI=1S/C17H13NO2/c1-12(19)17-9-8-16(11-18-17)20-15-7-6-13-4-2-3-5-14(13)10-15/h2-11H,1H3. The molecule has 0 aliphatic heterocycles. The molecule has 0 aliphatic carbocycles. The number of benzene rings is 2. The summed E-state index contributed by atoms with van der Waals surface area (Å²) in [6.45, 7) is 1.49. The molecule has 3 aromatic rings. The zero-order valence-electron chi connectivity index (χ0n) is 11.0. The Morgan fingerprint density at radius 2 is 1.70 bits per heavy atom. The van der Waals surface area contributed by atoms with Crippen molar-refractivity contribution >= 4 is 16.6 Å². The van der Waals surface area contributed by atoms with Crippen molar-refractivity contribution in [3.63, 3.8) is 0 Å². The summed E-state index contributed by atoms with van der Waals surface area (Å²) in [5.41, 5.74) is 0.441. The molecule has 0 unspecified atom stereocenters. The molecule has 0 spiro atoms. The predicted octanol–water partition coefficient (Wildman–Crippen LogP) is 4.23. The number of ether oxygens (including phenoxy) is 1. The van der Waals surface area contributed by atoms with Gasteiger partial charge in [0.25, 0.3) is 0 Å². The minimum absolute atomic E-state index is 0.0535. The molecule has 3 rings (SSSR count). The molecule has 1 heterocycles. The van der Waals surface area contributed by atoms with Crippen molar-refractivity contribution in [3.8, 4) is 11.5 Å². The van der Waals surface area contributed by atoms with Gasteiger partial charge in [-0.25, -0.2) is 4.98 Å². The fraction of sp³-hybridized carbons (Fsp3) is 0.0588. The largest absolute Gasteiger partial charge is 0.456 e. The van der Waals surface area contributed by atoms with Gasteiger partial charge in [0.2, 0.25) is 0 Å². The van der Waals surface area contributed by atoms with Crippen LogP contribution < -0.4 is 4.74 Å². The van der Waals surface area contributed by atoms with Crippen molar-refractivity contribution in [1.29, 1.82) is 0 Å². The lowest BCUT2D eigenvalue weighted by molar-refractivity contribution is 0.101. The van der Waals surface area contributed by atoms with Crippen LogP contribution in [-0.2, 0) is 0 Å². The number of carbonyl (C=O) groups excluding carboxylic acids is 1. The molecule has 0 saturated heterocycles. The van der Waals surface area contributed by atoms with Gasteiger partial charge in [-0.1, -0.05) is 30.3 Å². The van der Waals surface area contributed by atoms with E-state index >= 15 is 0 Å². The predicted molar refractivity (Wildman–Crippen MR) is 78.3 cm³/mol. The molecule has 0 aliphatic rings. The van der Waals surface area contributed by atoms with E-state index in [1.54, 1.807) is 18.3 Å². The average Bonchev–Trinajstić information content (AvgIpc) is 2.48. The highest BCUT2D eigenvalue weighted by Crippen LogP contribution is 2.25. The highest BCUT2D eigenvalue weighted by Gasteiger charge is 2.03. The van der Waals surface area contributed by atoms with Crippen LogP contribution in [0.15, 0.2) is 60.8 Å². The molecule has 0 fully saturated rings. The van der Waals surface area contributed by atoms with E-state index in [4.69, 9.17) is 4.74 Å². The molecule has 3 heteroatoms. The summed E-state index contributed by atoms with van der Waals surface area (Å²) in [4.78, 5) is 15.2. The van der Waals surface area contributed by atoms with E-state index in [0.29, 0.717) is 11.4 Å². The van der Waals surface area contributed by atoms with Crippen molar-refractivity contribution in [3.05, 3.63) is 66.5 Å². The van der Waals surface area contributed by atoms with Crippen LogP contribution in [0.2, 0.25) is 0 Å². The number of aromatic nitrogens is 1. The van der Waals surface area contributed by atoms with Crippen molar-refractivity contribution in [2.24, 2.45) is 0 Å². The Morgan fingerprint density at radius 1 is 0.950 bits per heavy atom. The van der Waals surface area contributed by atoms with E-state index < -0.39 is 0 Å². The Kier molecular flexibility index (Phi) is 3.17. The third kappa shape index (κ3) is 2.52. The first-order chi connectivity index (χ1) is 9.72. The second-order valence-electron chi connectivity index (χ2n) is 4.55. The number of nitrogens with zero attached hydrogens (tertiary/aromatic N) is 1. The van der Waals surface area contributed by atoms with Crippen molar-refractivity contribution in [2.75, 3.05) is 0 Å². The first-order valence-corrected chi connectivity index (χ1v) is 6.36. The summed E-state index contributed by atoms with van der Waals surface area (Å²) in [6.07, 6.45) is 1.56. The van der Waals surface area contributed by atoms with E-state index in [-0.39, 0.29) is 5.78 Å². The zero-order chi connectivity index (χ0) is 13.9. The monoisotopic (exact) mass is 263 g/mol. The van der Waals surface area contributed by atoms with E-state index in [1.807, 2.05) is 36.4 Å². The van der Waals surface area contributed by atoms with Crippen LogP contribution in [0.25, 0.3) is 10.8 Å². The number of fused-ring (bicyclic) bond motifs is 1. The Hall–Kier alpha value is -2.68. The number of hydrogen-bond donors (Lipinski definition) is 0. The molecular formula is C17H13NO2. The quantitative estimate of drug-likeness (QED) is 0.664. The molecule has 0 radical (unpaired) electrons. The topological polar surface area (TPSA) is 39.2 Å². The summed E-state index contributed by atoms with van der Waals surface area (Å²) in [7, 11) is 0. The molecule has 0 atom stereocenters. The smallest absolute Gasteiger partial charge is 0.178 e. The molecular weight excluding hydrogens is 250 g/mol. The third-order valence-electron chi connectivity index (χ3n) is 3.05. The van der Waals surface area contributed by atoms with Crippen molar-refractivity contribution in [1.82, 2.24) is 4.98 Å². The molecule has 20 heavy (non-hydrogen) atoms. The number of rotatable bonds is 3. The average molecular weight is 263 g/mol. The Morgan fingerprint density at radius 3 is 2.40 bits per heavy atom. The van der Waals surface area contributed by atoms with Gasteiger partial charge in [-0.3, -0.25) is 4.79 Å². The number of pyridine rings is 1. The van der Waals surface area contributed by atoms with Crippen molar-refractivity contribution in [2.45, 2.75) is 6.92 Å². The minimum Gasteiger partial charge on any atom is -0.456 e. The maximum Gasteiger partial charge on any atom is 0.178 e. The lowest BCUT2D eigenvalue weighted by Crippen LogP contribution is -1.95. The van der Waals surface area contributed by atoms with Gasteiger partial charge < -0.3 is 4.74 Å². The number of ketones is 1. The Bertz CT molecular complexity index is 763. The highest BCUT2D eigenvalue weighted by molar-refractivity contribution is 5.92. The van der Waals surface area contributed by atoms with Gasteiger partial charge >= 0.3 is 0 Å². The molecule has 0 saturated carbocycles. The molecule has 0 bridgehead atoms. The van der Waals surface area contributed by atoms with Gasteiger partial charge in [0.1, 0.15) is 17.2 Å². The Balaban J connectivity index is 1.87. The van der Waals surface area contributed by atoms with Gasteiger partial charge in [-0.15, -0.1) is 0 Å². The molecule has 3 nitrogen and oxygen atoms in total. The van der Waals surface area contributed by atoms with Crippen LogP contribution in [0.4, 0.5) is 0 Å². The van der Waals surface area contributed by atoms with E-state index in [2.05, 4.69) is 11.1 Å². The summed E-state index contributed by atoms with van der Waals surface area (Å²) in [5.74, 6) is 1.31. The SMILES string of the molecule is CC(=O)c1ccc(Oc2ccc3ccccc3c2)cn1. The highest BCUT2D eigenvalue weighted by atomic mass is 16.5. The Labute approximate surface area is 116 Å². The van der Waals surface area contributed by atoms with Crippen LogP contribution in [0.5, 0.6) is 11.5 Å². The van der Waals surface area contributed by atoms with Crippen LogP contribution >= 0.6 is 0 Å². The van der Waals surface area contributed by atoms with Crippen molar-refractivity contribution < 1.29 is 9.53 Å². The summed E-state index contributed by atoms with van der Waals surface area (Å²) >= 11 is 0. The second-order valence-corrected chi connectivity index (χ2v) is 4.55. The maximum atomic E-state index is 11.2. The molecule has 0 N–H and O–H groups in total. The summed E-state index contributed by atoms with van der Waals surface area (Å²) < 4.78 is 5.75. The van der Waals surface area contributed by atoms with Gasteiger partial charge in [-0.2, -0.15) is 0 Å². The van der Waals surface area contributed by atoms with Crippen LogP contribution in [0, 0.1) is 0 Å². The first-order valence-electron chi connectivity index (χ1n) is 6.36. The lowest BCUT2D eigenvalue weighted by atomic mass is 10.1. The van der Waals surface area contributed by atoms with Gasteiger partial charge in [0, 0.05) is 6.92 Å². The first kappa shape index (κ1) is 12.4. The fourth-order valence-electron chi connectivity index (χ4n) is 2.02. The van der Waals surface area contributed by atoms with Gasteiger partial charge in [-0.05, 0) is 35.0 Å². The molecule has 98 valence electrons. The minimum atomic E-state index is -0.0535. The lowest BCUT2D eigenvalue weighted by Gasteiger charge is -2.06.